The average molecular weight is 274 g/mol. The molecule has 96 valence electrons. The van der Waals surface area contributed by atoms with Crippen molar-refractivity contribution in [1.82, 2.24) is 4.98 Å². The van der Waals surface area contributed by atoms with Crippen LogP contribution in [0, 0.1) is 0 Å². The number of aromatic nitrogens is 1. The van der Waals surface area contributed by atoms with Gasteiger partial charge in [0.05, 0.1) is 20.8 Å². The summed E-state index contributed by atoms with van der Waals surface area (Å²) in [4.78, 5) is 14.3. The fourth-order valence-electron chi connectivity index (χ4n) is 1.47. The van der Waals surface area contributed by atoms with Crippen LogP contribution in [-0.2, 0) is 17.4 Å². The number of aliphatic carboxylic acids is 1. The Kier molecular flexibility index (Phi) is 3.25. The van der Waals surface area contributed by atoms with E-state index >= 15 is 0 Å². The van der Waals surface area contributed by atoms with Crippen LogP contribution in [0.1, 0.15) is 17.0 Å². The molecule has 0 radical (unpaired) electrons. The van der Waals surface area contributed by atoms with Gasteiger partial charge in [0.25, 0.3) is 0 Å². The quantitative estimate of drug-likeness (QED) is 0.860. The van der Waals surface area contributed by atoms with Crippen molar-refractivity contribution in [3.8, 4) is 0 Å². The number of carboxylic acid groups (broad SMARTS) is 1. The van der Waals surface area contributed by atoms with Crippen molar-refractivity contribution in [2.75, 3.05) is 0 Å². The second kappa shape index (κ2) is 4.56. The highest BCUT2D eigenvalue weighted by atomic mass is 32.1. The van der Waals surface area contributed by atoms with Gasteiger partial charge in [0.2, 0.25) is 0 Å². The van der Waals surface area contributed by atoms with Crippen molar-refractivity contribution >= 4 is 27.5 Å². The number of rotatable bonds is 3. The number of hydrogen-bond acceptors (Lipinski definition) is 4. The molecule has 3 nitrogen and oxygen atoms in total. The number of alkyl halides is 3. The second-order valence-corrected chi connectivity index (χ2v) is 4.78. The molecule has 0 saturated carbocycles. The van der Waals surface area contributed by atoms with Crippen molar-refractivity contribution in [3.63, 3.8) is 0 Å². The molecule has 0 bridgehead atoms. The molecule has 0 atom stereocenters. The van der Waals surface area contributed by atoms with E-state index in [1.165, 1.54) is 17.4 Å². The van der Waals surface area contributed by atoms with Gasteiger partial charge in [-0.3, -0.25) is 0 Å². The van der Waals surface area contributed by atoms with Crippen LogP contribution in [0.5, 0.6) is 0 Å². The zero-order chi connectivity index (χ0) is 13.3. The molecule has 0 fully saturated rings. The molecule has 1 aromatic heterocycles. The van der Waals surface area contributed by atoms with Crippen LogP contribution in [0.25, 0.3) is 10.2 Å². The predicted molar refractivity (Wildman–Crippen MR) is 58.0 cm³/mol. The summed E-state index contributed by atoms with van der Waals surface area (Å²) in [6.07, 6.45) is -4.42. The monoisotopic (exact) mass is 274 g/mol. The normalized spacial score (nSPS) is 11.9. The summed E-state index contributed by atoms with van der Waals surface area (Å²) in [5.74, 6) is -1.20. The molecule has 1 aromatic carbocycles. The molecule has 0 amide bonds. The maximum Gasteiger partial charge on any atom is 0.416 e. The number of halogens is 3. The van der Waals surface area contributed by atoms with E-state index in [4.69, 9.17) is 0 Å². The first-order valence-electron chi connectivity index (χ1n) is 5.03. The Morgan fingerprint density at radius 2 is 2.11 bits per heavy atom. The van der Waals surface area contributed by atoms with Crippen LogP contribution in [0.2, 0.25) is 0 Å². The fourth-order valence-corrected chi connectivity index (χ4v) is 2.41. The molecule has 2 rings (SSSR count). The topological polar surface area (TPSA) is 53.0 Å². The van der Waals surface area contributed by atoms with Crippen LogP contribution < -0.4 is 5.11 Å². The summed E-state index contributed by atoms with van der Waals surface area (Å²) in [6, 6.07) is 3.30. The molecular formula is C11H7F3NO2S-. The molecule has 2 aromatic rings. The lowest BCUT2D eigenvalue weighted by Gasteiger charge is -2.04. The van der Waals surface area contributed by atoms with Crippen LogP contribution >= 0.6 is 11.3 Å². The Morgan fingerprint density at radius 3 is 2.72 bits per heavy atom. The lowest BCUT2D eigenvalue weighted by molar-refractivity contribution is -0.305. The first-order valence-corrected chi connectivity index (χ1v) is 5.84. The summed E-state index contributed by atoms with van der Waals surface area (Å²) in [6.45, 7) is 0. The van der Waals surface area contributed by atoms with Gasteiger partial charge in [-0.25, -0.2) is 4.98 Å². The number of benzene rings is 1. The zero-order valence-electron chi connectivity index (χ0n) is 8.95. The van der Waals surface area contributed by atoms with Gasteiger partial charge < -0.3 is 9.90 Å². The minimum Gasteiger partial charge on any atom is -0.550 e. The standard InChI is InChI=1S/C11H8F3NO2S/c12-11(13,14)6-1-2-8-7(5-6)15-9(18-8)3-4-10(16)17/h1-2,5H,3-4H2,(H,16,17)/p-1. The highest BCUT2D eigenvalue weighted by Gasteiger charge is 2.30. The molecule has 0 aliphatic rings. The van der Waals surface area contributed by atoms with Crippen LogP contribution in [0.3, 0.4) is 0 Å². The van der Waals surface area contributed by atoms with Gasteiger partial charge in [0, 0.05) is 12.4 Å². The number of hydrogen-bond donors (Lipinski definition) is 0. The Bertz CT molecular complexity index is 591. The third kappa shape index (κ3) is 2.79. The molecular weight excluding hydrogens is 267 g/mol. The number of aryl methyl sites for hydroxylation is 1. The molecule has 0 unspecified atom stereocenters. The van der Waals surface area contributed by atoms with E-state index in [0.29, 0.717) is 9.71 Å². The summed E-state index contributed by atoms with van der Waals surface area (Å²) < 4.78 is 38.0. The molecule has 0 N–H and O–H groups in total. The third-order valence-corrected chi connectivity index (χ3v) is 3.40. The van der Waals surface area contributed by atoms with Gasteiger partial charge in [-0.2, -0.15) is 13.2 Å². The number of carbonyl (C=O) groups excluding carboxylic acids is 1. The number of thiazole rings is 1. The molecule has 0 aliphatic carbocycles. The van der Waals surface area contributed by atoms with Crippen molar-refractivity contribution in [1.29, 1.82) is 0 Å². The van der Waals surface area contributed by atoms with E-state index < -0.39 is 17.7 Å². The SMILES string of the molecule is O=C([O-])CCc1nc2cc(C(F)(F)F)ccc2s1. The number of carboxylic acids is 1. The first kappa shape index (κ1) is 12.8. The van der Waals surface area contributed by atoms with E-state index in [9.17, 15) is 23.1 Å². The van der Waals surface area contributed by atoms with Crippen LogP contribution in [-0.4, -0.2) is 11.0 Å². The zero-order valence-corrected chi connectivity index (χ0v) is 9.77. The van der Waals surface area contributed by atoms with Gasteiger partial charge in [0.1, 0.15) is 0 Å². The van der Waals surface area contributed by atoms with Gasteiger partial charge in [-0.1, -0.05) is 0 Å². The van der Waals surface area contributed by atoms with Crippen molar-refractivity contribution < 1.29 is 23.1 Å². The number of nitrogens with zero attached hydrogens (tertiary/aromatic N) is 1. The summed E-state index contributed by atoms with van der Waals surface area (Å²) >= 11 is 1.19. The Hall–Kier alpha value is -1.63. The average Bonchev–Trinajstić information content (AvgIpc) is 2.66. The molecule has 0 saturated heterocycles. The molecule has 0 spiro atoms. The highest BCUT2D eigenvalue weighted by Crippen LogP contribution is 2.32. The largest absolute Gasteiger partial charge is 0.550 e. The van der Waals surface area contributed by atoms with Gasteiger partial charge in [-0.05, 0) is 24.6 Å². The molecule has 18 heavy (non-hydrogen) atoms. The van der Waals surface area contributed by atoms with Crippen molar-refractivity contribution in [2.24, 2.45) is 0 Å². The summed E-state index contributed by atoms with van der Waals surface area (Å²) in [7, 11) is 0. The maximum absolute atomic E-state index is 12.5. The van der Waals surface area contributed by atoms with E-state index in [2.05, 4.69) is 4.98 Å². The predicted octanol–water partition coefficient (Wildman–Crippen LogP) is 2.00. The van der Waals surface area contributed by atoms with E-state index in [-0.39, 0.29) is 18.4 Å². The number of fused-ring (bicyclic) bond motifs is 1. The summed E-state index contributed by atoms with van der Waals surface area (Å²) in [5.41, 5.74) is -0.519. The van der Waals surface area contributed by atoms with E-state index in [1.54, 1.807) is 0 Å². The Balaban J connectivity index is 2.31. The minimum atomic E-state index is -4.40. The maximum atomic E-state index is 12.5. The summed E-state index contributed by atoms with van der Waals surface area (Å²) in [5, 5.41) is 10.8. The van der Waals surface area contributed by atoms with Gasteiger partial charge in [0.15, 0.2) is 0 Å². The van der Waals surface area contributed by atoms with E-state index in [0.717, 1.165) is 12.1 Å². The highest BCUT2D eigenvalue weighted by molar-refractivity contribution is 7.18. The van der Waals surface area contributed by atoms with E-state index in [1.807, 2.05) is 0 Å². The van der Waals surface area contributed by atoms with Crippen LogP contribution in [0.4, 0.5) is 13.2 Å². The smallest absolute Gasteiger partial charge is 0.416 e. The molecule has 7 heteroatoms. The van der Waals surface area contributed by atoms with Crippen molar-refractivity contribution in [2.45, 2.75) is 19.0 Å². The lowest BCUT2D eigenvalue weighted by Crippen LogP contribution is -2.22. The van der Waals surface area contributed by atoms with Gasteiger partial charge >= 0.3 is 6.18 Å². The van der Waals surface area contributed by atoms with Gasteiger partial charge in [-0.15, -0.1) is 11.3 Å². The lowest BCUT2D eigenvalue weighted by atomic mass is 10.2. The number of carbonyl (C=O) groups is 1. The second-order valence-electron chi connectivity index (χ2n) is 3.66. The Morgan fingerprint density at radius 1 is 1.39 bits per heavy atom. The molecule has 0 aliphatic heterocycles. The third-order valence-electron chi connectivity index (χ3n) is 2.30. The van der Waals surface area contributed by atoms with Crippen molar-refractivity contribution in [3.05, 3.63) is 28.8 Å². The minimum absolute atomic E-state index is 0.170. The molecule has 1 heterocycles. The first-order chi connectivity index (χ1) is 8.36. The fraction of sp³-hybridized carbons (Fsp3) is 0.273. The Labute approximate surface area is 104 Å². The van der Waals surface area contributed by atoms with Crippen LogP contribution in [0.15, 0.2) is 18.2 Å².